The monoisotopic (exact) mass is 372 g/mol. The second-order valence-electron chi connectivity index (χ2n) is 7.13. The van der Waals surface area contributed by atoms with Gasteiger partial charge in [0.1, 0.15) is 0 Å². The van der Waals surface area contributed by atoms with Crippen molar-refractivity contribution in [2.75, 3.05) is 18.0 Å². The van der Waals surface area contributed by atoms with Crippen molar-refractivity contribution in [1.29, 1.82) is 0 Å². The minimum atomic E-state index is -0.0325. The molecule has 0 bridgehead atoms. The summed E-state index contributed by atoms with van der Waals surface area (Å²) in [6.45, 7) is 2.11. The molecule has 142 valence electrons. The molecule has 2 aromatic carbocycles. The Hall–Kier alpha value is -3.21. The van der Waals surface area contributed by atoms with Crippen molar-refractivity contribution < 1.29 is 4.79 Å². The first-order valence-corrected chi connectivity index (χ1v) is 9.73. The summed E-state index contributed by atoms with van der Waals surface area (Å²) >= 11 is 0. The Balaban J connectivity index is 1.37. The Morgan fingerprint density at radius 2 is 1.64 bits per heavy atom. The van der Waals surface area contributed by atoms with E-state index in [1.807, 2.05) is 73.1 Å². The number of aromatic nitrogens is 2. The number of carbonyl (C=O) groups excluding carboxylic acids is 1. The standard InChI is InChI=1S/C23H24N4O/c28-22(24-14-18-8-3-1-4-9-18)20-12-7-13-27(17-20)23-25-15-21(16-26-23)19-10-5-2-6-11-19/h1-6,8-11,15-16,20H,7,12-14,17H2,(H,24,28)/t20-/m1/s1. The van der Waals surface area contributed by atoms with Gasteiger partial charge < -0.3 is 10.2 Å². The SMILES string of the molecule is O=C(NCc1ccccc1)[C@@H]1CCCN(c2ncc(-c3ccccc3)cn2)C1. The summed E-state index contributed by atoms with van der Waals surface area (Å²) in [6, 6.07) is 20.1. The number of nitrogens with zero attached hydrogens (tertiary/aromatic N) is 3. The van der Waals surface area contributed by atoms with Crippen molar-refractivity contribution in [3.8, 4) is 11.1 Å². The predicted octanol–water partition coefficient (Wildman–Crippen LogP) is 3.68. The molecule has 2 heterocycles. The summed E-state index contributed by atoms with van der Waals surface area (Å²) in [4.78, 5) is 23.8. The van der Waals surface area contributed by atoms with Gasteiger partial charge in [0.15, 0.2) is 0 Å². The van der Waals surface area contributed by atoms with Crippen LogP contribution in [0.1, 0.15) is 18.4 Å². The van der Waals surface area contributed by atoms with Gasteiger partial charge in [-0.2, -0.15) is 0 Å². The van der Waals surface area contributed by atoms with Gasteiger partial charge in [-0.1, -0.05) is 60.7 Å². The number of rotatable bonds is 5. The summed E-state index contributed by atoms with van der Waals surface area (Å²) in [5, 5.41) is 3.06. The number of benzene rings is 2. The third kappa shape index (κ3) is 4.36. The first kappa shape index (κ1) is 18.2. The zero-order valence-electron chi connectivity index (χ0n) is 15.8. The lowest BCUT2D eigenvalue weighted by Crippen LogP contribution is -2.43. The fourth-order valence-corrected chi connectivity index (χ4v) is 3.57. The molecule has 5 nitrogen and oxygen atoms in total. The highest BCUT2D eigenvalue weighted by Crippen LogP contribution is 2.23. The summed E-state index contributed by atoms with van der Waals surface area (Å²) in [5.41, 5.74) is 3.22. The maximum Gasteiger partial charge on any atom is 0.225 e. The van der Waals surface area contributed by atoms with E-state index in [-0.39, 0.29) is 11.8 Å². The molecule has 5 heteroatoms. The molecule has 4 rings (SSSR count). The Bertz CT molecular complexity index is 897. The Labute approximate surface area is 165 Å². The summed E-state index contributed by atoms with van der Waals surface area (Å²) in [7, 11) is 0. The Morgan fingerprint density at radius 1 is 0.964 bits per heavy atom. The highest BCUT2D eigenvalue weighted by Gasteiger charge is 2.27. The van der Waals surface area contributed by atoms with Crippen LogP contribution in [0.15, 0.2) is 73.1 Å². The maximum absolute atomic E-state index is 12.6. The predicted molar refractivity (Wildman–Crippen MR) is 111 cm³/mol. The molecule has 1 fully saturated rings. The molecule has 0 spiro atoms. The van der Waals surface area contributed by atoms with Gasteiger partial charge >= 0.3 is 0 Å². The molecule has 1 aliphatic heterocycles. The van der Waals surface area contributed by atoms with E-state index < -0.39 is 0 Å². The first-order valence-electron chi connectivity index (χ1n) is 9.73. The number of piperidine rings is 1. The van der Waals surface area contributed by atoms with Crippen LogP contribution in [-0.4, -0.2) is 29.0 Å². The molecule has 1 aliphatic rings. The van der Waals surface area contributed by atoms with Crippen molar-refractivity contribution in [1.82, 2.24) is 15.3 Å². The number of anilines is 1. The molecular formula is C23H24N4O. The van der Waals surface area contributed by atoms with Crippen molar-refractivity contribution in [2.45, 2.75) is 19.4 Å². The molecule has 1 amide bonds. The average Bonchev–Trinajstić information content (AvgIpc) is 2.79. The van der Waals surface area contributed by atoms with Crippen molar-refractivity contribution in [3.05, 3.63) is 78.6 Å². The van der Waals surface area contributed by atoms with Gasteiger partial charge in [-0.3, -0.25) is 4.79 Å². The lowest BCUT2D eigenvalue weighted by molar-refractivity contribution is -0.125. The second kappa shape index (κ2) is 8.65. The third-order valence-corrected chi connectivity index (χ3v) is 5.13. The lowest BCUT2D eigenvalue weighted by Gasteiger charge is -2.32. The quantitative estimate of drug-likeness (QED) is 0.742. The number of nitrogens with one attached hydrogen (secondary N) is 1. The van der Waals surface area contributed by atoms with Gasteiger partial charge in [-0.25, -0.2) is 9.97 Å². The van der Waals surface area contributed by atoms with Crippen molar-refractivity contribution >= 4 is 11.9 Å². The van der Waals surface area contributed by atoms with E-state index >= 15 is 0 Å². The molecule has 28 heavy (non-hydrogen) atoms. The fraction of sp³-hybridized carbons (Fsp3) is 0.261. The van der Waals surface area contributed by atoms with Gasteiger partial charge in [-0.15, -0.1) is 0 Å². The van der Waals surface area contributed by atoms with Gasteiger partial charge in [0.05, 0.1) is 5.92 Å². The van der Waals surface area contributed by atoms with Crippen LogP contribution in [0.4, 0.5) is 5.95 Å². The van der Waals surface area contributed by atoms with E-state index in [0.29, 0.717) is 19.0 Å². The molecular weight excluding hydrogens is 348 g/mol. The van der Waals surface area contributed by atoms with Gasteiger partial charge in [0, 0.05) is 37.6 Å². The van der Waals surface area contributed by atoms with Crippen LogP contribution < -0.4 is 10.2 Å². The van der Waals surface area contributed by atoms with E-state index in [0.717, 1.165) is 36.1 Å². The molecule has 3 aromatic rings. The molecule has 0 aliphatic carbocycles. The van der Waals surface area contributed by atoms with Gasteiger partial charge in [0.2, 0.25) is 11.9 Å². The topological polar surface area (TPSA) is 58.1 Å². The van der Waals surface area contributed by atoms with Gasteiger partial charge in [-0.05, 0) is 24.0 Å². The highest BCUT2D eigenvalue weighted by atomic mass is 16.1. The van der Waals surface area contributed by atoms with Crippen LogP contribution >= 0.6 is 0 Å². The normalized spacial score (nSPS) is 16.6. The van der Waals surface area contributed by atoms with Crippen LogP contribution in [0.25, 0.3) is 11.1 Å². The van der Waals surface area contributed by atoms with Crippen molar-refractivity contribution in [3.63, 3.8) is 0 Å². The fourth-order valence-electron chi connectivity index (χ4n) is 3.57. The van der Waals surface area contributed by atoms with Gasteiger partial charge in [0.25, 0.3) is 0 Å². The third-order valence-electron chi connectivity index (χ3n) is 5.13. The number of amides is 1. The minimum absolute atomic E-state index is 0.0325. The van der Waals surface area contributed by atoms with Crippen LogP contribution in [0, 0.1) is 5.92 Å². The zero-order valence-corrected chi connectivity index (χ0v) is 15.8. The highest BCUT2D eigenvalue weighted by molar-refractivity contribution is 5.79. The van der Waals surface area contributed by atoms with E-state index in [9.17, 15) is 4.79 Å². The summed E-state index contributed by atoms with van der Waals surface area (Å²) in [6.07, 6.45) is 5.58. The molecule has 0 saturated carbocycles. The van der Waals surface area contributed by atoms with E-state index in [4.69, 9.17) is 0 Å². The summed E-state index contributed by atoms with van der Waals surface area (Å²) < 4.78 is 0. The molecule has 1 aromatic heterocycles. The van der Waals surface area contributed by atoms with E-state index in [1.165, 1.54) is 0 Å². The number of hydrogen-bond acceptors (Lipinski definition) is 4. The average molecular weight is 372 g/mol. The number of carbonyl (C=O) groups is 1. The van der Waals surface area contributed by atoms with Crippen LogP contribution in [0.3, 0.4) is 0 Å². The molecule has 1 atom stereocenters. The maximum atomic E-state index is 12.6. The van der Waals surface area contributed by atoms with Crippen molar-refractivity contribution in [2.24, 2.45) is 5.92 Å². The minimum Gasteiger partial charge on any atom is -0.352 e. The number of hydrogen-bond donors (Lipinski definition) is 1. The van der Waals surface area contributed by atoms with Crippen LogP contribution in [-0.2, 0) is 11.3 Å². The molecule has 1 N–H and O–H groups in total. The van der Waals surface area contributed by atoms with E-state index in [2.05, 4.69) is 20.2 Å². The van der Waals surface area contributed by atoms with Crippen LogP contribution in [0.2, 0.25) is 0 Å². The lowest BCUT2D eigenvalue weighted by atomic mass is 9.97. The first-order chi connectivity index (χ1) is 13.8. The molecule has 1 saturated heterocycles. The Morgan fingerprint density at radius 3 is 2.36 bits per heavy atom. The second-order valence-corrected chi connectivity index (χ2v) is 7.13. The molecule has 0 unspecified atom stereocenters. The Kier molecular flexibility index (Phi) is 5.61. The molecule has 0 radical (unpaired) electrons. The van der Waals surface area contributed by atoms with E-state index in [1.54, 1.807) is 0 Å². The largest absolute Gasteiger partial charge is 0.352 e. The smallest absolute Gasteiger partial charge is 0.225 e. The summed E-state index contributed by atoms with van der Waals surface area (Å²) in [5.74, 6) is 0.768. The zero-order chi connectivity index (χ0) is 19.2. The van der Waals surface area contributed by atoms with Crippen LogP contribution in [0.5, 0.6) is 0 Å².